The van der Waals surface area contributed by atoms with Crippen LogP contribution in [-0.2, 0) is 0 Å². The highest BCUT2D eigenvalue weighted by Gasteiger charge is 1.92. The van der Waals surface area contributed by atoms with Gasteiger partial charge in [-0.25, -0.2) is 5.43 Å². The average Bonchev–Trinajstić information content (AvgIpc) is 1.87. The summed E-state index contributed by atoms with van der Waals surface area (Å²) in [4.78, 5) is 0. The number of rotatable bonds is 6. The number of nitrogens with one attached hydrogen (secondary N) is 1. The summed E-state index contributed by atoms with van der Waals surface area (Å²) in [5.41, 5.74) is 6.51. The highest BCUT2D eigenvalue weighted by Crippen LogP contribution is 1.74. The van der Waals surface area contributed by atoms with Gasteiger partial charge >= 0.3 is 0 Å². The van der Waals surface area contributed by atoms with Crippen LogP contribution in [0.2, 0.25) is 0 Å². The van der Waals surface area contributed by atoms with Crippen LogP contribution in [0, 0.1) is 0 Å². The second kappa shape index (κ2) is 6.95. The van der Waals surface area contributed by atoms with Crippen LogP contribution in [0.25, 0.3) is 0 Å². The Labute approximate surface area is 61.2 Å². The molecule has 0 aromatic carbocycles. The van der Waals surface area contributed by atoms with Crippen molar-refractivity contribution in [3.63, 3.8) is 0 Å². The lowest BCUT2D eigenvalue weighted by Crippen LogP contribution is -2.32. The highest BCUT2D eigenvalue weighted by atomic mass is 16.3. The smallest absolute Gasteiger partial charge is 0.0651 e. The van der Waals surface area contributed by atoms with Crippen molar-refractivity contribution < 1.29 is 10.2 Å². The summed E-state index contributed by atoms with van der Waals surface area (Å²) in [5, 5.41) is 17.1. The van der Waals surface area contributed by atoms with Gasteiger partial charge in [0.05, 0.1) is 6.10 Å². The minimum atomic E-state index is -0.363. The molecule has 0 saturated heterocycles. The number of hydrogen-bond donors (Lipinski definition) is 3. The van der Waals surface area contributed by atoms with Crippen molar-refractivity contribution in [1.82, 2.24) is 10.9 Å². The molecule has 10 heavy (non-hydrogen) atoms. The molecule has 1 atom stereocenters. The summed E-state index contributed by atoms with van der Waals surface area (Å²) in [5.74, 6) is 0. The standard InChI is InChI=1S/C6H15N2O2/c1-6(10)5-8-7-3-2-4-9/h6,8-10H,2-5H2,1H3. The minimum Gasteiger partial charge on any atom is -0.396 e. The summed E-state index contributed by atoms with van der Waals surface area (Å²) in [6.07, 6.45) is 0.310. The quantitative estimate of drug-likeness (QED) is 0.328. The zero-order valence-electron chi connectivity index (χ0n) is 6.25. The third-order valence-electron chi connectivity index (χ3n) is 0.927. The van der Waals surface area contributed by atoms with Crippen LogP contribution in [0.4, 0.5) is 0 Å². The van der Waals surface area contributed by atoms with Crippen LogP contribution < -0.4 is 10.9 Å². The zero-order chi connectivity index (χ0) is 7.82. The van der Waals surface area contributed by atoms with Crippen molar-refractivity contribution in [2.45, 2.75) is 19.4 Å². The van der Waals surface area contributed by atoms with Crippen molar-refractivity contribution >= 4 is 0 Å². The summed E-state index contributed by atoms with van der Waals surface area (Å²) < 4.78 is 0. The van der Waals surface area contributed by atoms with Crippen molar-refractivity contribution in [2.24, 2.45) is 0 Å². The molecule has 0 aliphatic carbocycles. The van der Waals surface area contributed by atoms with E-state index in [0.717, 1.165) is 0 Å². The molecule has 61 valence electrons. The molecule has 0 bridgehead atoms. The third-order valence-corrected chi connectivity index (χ3v) is 0.927. The molecule has 4 nitrogen and oxygen atoms in total. The Morgan fingerprint density at radius 3 is 2.80 bits per heavy atom. The maximum Gasteiger partial charge on any atom is 0.0651 e. The Bertz CT molecular complexity index is 68.8. The molecule has 0 aliphatic rings. The predicted octanol–water partition coefficient (Wildman–Crippen LogP) is -1.14. The van der Waals surface area contributed by atoms with Crippen molar-refractivity contribution in [1.29, 1.82) is 0 Å². The van der Waals surface area contributed by atoms with Gasteiger partial charge in [-0.05, 0) is 13.3 Å². The molecule has 0 saturated carbocycles. The van der Waals surface area contributed by atoms with E-state index in [2.05, 4.69) is 10.9 Å². The molecular formula is C6H15N2O2. The van der Waals surface area contributed by atoms with E-state index in [4.69, 9.17) is 10.2 Å². The van der Waals surface area contributed by atoms with Crippen LogP contribution in [0.1, 0.15) is 13.3 Å². The first kappa shape index (κ1) is 9.84. The van der Waals surface area contributed by atoms with E-state index in [1.807, 2.05) is 0 Å². The highest BCUT2D eigenvalue weighted by molar-refractivity contribution is 4.47. The lowest BCUT2D eigenvalue weighted by Gasteiger charge is -2.04. The fraction of sp³-hybridized carbons (Fsp3) is 1.00. The second-order valence-corrected chi connectivity index (χ2v) is 2.17. The first-order valence-corrected chi connectivity index (χ1v) is 3.45. The molecule has 0 amide bonds. The van der Waals surface area contributed by atoms with Crippen molar-refractivity contribution in [3.8, 4) is 0 Å². The predicted molar refractivity (Wildman–Crippen MR) is 38.4 cm³/mol. The lowest BCUT2D eigenvalue weighted by molar-refractivity contribution is 0.183. The van der Waals surface area contributed by atoms with Gasteiger partial charge in [0, 0.05) is 19.7 Å². The Balaban J connectivity index is 2.77. The Kier molecular flexibility index (Phi) is 6.84. The fourth-order valence-electron chi connectivity index (χ4n) is 0.425. The Morgan fingerprint density at radius 2 is 2.30 bits per heavy atom. The number of aliphatic hydroxyl groups is 2. The Morgan fingerprint density at radius 1 is 1.60 bits per heavy atom. The number of aliphatic hydroxyl groups excluding tert-OH is 2. The third kappa shape index (κ3) is 7.84. The maximum absolute atomic E-state index is 8.74. The molecule has 0 spiro atoms. The van der Waals surface area contributed by atoms with E-state index < -0.39 is 0 Å². The molecule has 0 aromatic rings. The van der Waals surface area contributed by atoms with Gasteiger partial charge in [0.1, 0.15) is 0 Å². The molecule has 1 radical (unpaired) electrons. The van der Waals surface area contributed by atoms with Gasteiger partial charge in [-0.2, -0.15) is 5.43 Å². The van der Waals surface area contributed by atoms with Crippen LogP contribution in [0.15, 0.2) is 0 Å². The Hall–Kier alpha value is -0.160. The van der Waals surface area contributed by atoms with Gasteiger partial charge in [-0.1, -0.05) is 0 Å². The molecule has 4 heteroatoms. The van der Waals surface area contributed by atoms with Crippen LogP contribution in [0.5, 0.6) is 0 Å². The summed E-state index contributed by atoms with van der Waals surface area (Å²) in [6.45, 7) is 2.93. The van der Waals surface area contributed by atoms with E-state index in [0.29, 0.717) is 19.5 Å². The topological polar surface area (TPSA) is 66.6 Å². The molecule has 0 fully saturated rings. The molecule has 0 rings (SSSR count). The first-order chi connectivity index (χ1) is 4.77. The largest absolute Gasteiger partial charge is 0.396 e. The van der Waals surface area contributed by atoms with Gasteiger partial charge in [0.15, 0.2) is 0 Å². The van der Waals surface area contributed by atoms with Gasteiger partial charge in [0.2, 0.25) is 0 Å². The fourth-order valence-corrected chi connectivity index (χ4v) is 0.425. The normalized spacial score (nSPS) is 13.5. The monoisotopic (exact) mass is 147 g/mol. The SMILES string of the molecule is CC(O)CN[N]CCCO. The lowest BCUT2D eigenvalue weighted by atomic mass is 10.4. The van der Waals surface area contributed by atoms with E-state index in [1.54, 1.807) is 6.92 Å². The second-order valence-electron chi connectivity index (χ2n) is 2.17. The van der Waals surface area contributed by atoms with Gasteiger partial charge < -0.3 is 10.2 Å². The van der Waals surface area contributed by atoms with Crippen LogP contribution in [0.3, 0.4) is 0 Å². The summed E-state index contributed by atoms with van der Waals surface area (Å²) in [7, 11) is 0. The van der Waals surface area contributed by atoms with Crippen LogP contribution in [-0.4, -0.2) is 36.0 Å². The van der Waals surface area contributed by atoms with E-state index in [-0.39, 0.29) is 12.7 Å². The minimum absolute atomic E-state index is 0.167. The van der Waals surface area contributed by atoms with Gasteiger partial charge in [-0.3, -0.25) is 0 Å². The zero-order valence-corrected chi connectivity index (χ0v) is 6.25. The van der Waals surface area contributed by atoms with Crippen LogP contribution >= 0.6 is 0 Å². The molecule has 1 unspecified atom stereocenters. The van der Waals surface area contributed by atoms with Gasteiger partial charge in [-0.15, -0.1) is 0 Å². The summed E-state index contributed by atoms with van der Waals surface area (Å²) >= 11 is 0. The molecule has 0 heterocycles. The van der Waals surface area contributed by atoms with E-state index in [9.17, 15) is 0 Å². The molecule has 3 N–H and O–H groups in total. The van der Waals surface area contributed by atoms with Crippen molar-refractivity contribution in [2.75, 3.05) is 19.7 Å². The molecule has 0 aliphatic heterocycles. The van der Waals surface area contributed by atoms with Crippen molar-refractivity contribution in [3.05, 3.63) is 0 Å². The summed E-state index contributed by atoms with van der Waals surface area (Å²) in [6, 6.07) is 0. The number of hydrogen-bond acceptors (Lipinski definition) is 3. The molecular weight excluding hydrogens is 132 g/mol. The number of nitrogens with zero attached hydrogens (tertiary/aromatic N) is 1. The van der Waals surface area contributed by atoms with E-state index >= 15 is 0 Å². The molecule has 0 aromatic heterocycles. The first-order valence-electron chi connectivity index (χ1n) is 3.45. The van der Waals surface area contributed by atoms with E-state index in [1.165, 1.54) is 0 Å². The average molecular weight is 147 g/mol. The maximum atomic E-state index is 8.74. The van der Waals surface area contributed by atoms with Gasteiger partial charge in [0.25, 0.3) is 0 Å².